The van der Waals surface area contributed by atoms with E-state index in [1.54, 1.807) is 5.32 Å². The highest BCUT2D eigenvalue weighted by atomic mass is 19.1. The lowest BCUT2D eigenvalue weighted by atomic mass is 9.98. The second-order valence-electron chi connectivity index (χ2n) is 10.7. The van der Waals surface area contributed by atoms with Crippen LogP contribution in [-0.2, 0) is 34.0 Å². The number of hydrogen-bond acceptors (Lipinski definition) is 6. The van der Waals surface area contributed by atoms with E-state index in [1.807, 2.05) is 27.7 Å². The van der Waals surface area contributed by atoms with Gasteiger partial charge in [-0.15, -0.1) is 0 Å². The molecule has 2 fully saturated rings. The molecular formula is C29H34FN3O5. The molecule has 3 aliphatic rings. The first kappa shape index (κ1) is 18.9. The number of carbonyl (C=O) groups is 3. The molecule has 2 aromatic rings. The minimum atomic E-state index is -3.42. The van der Waals surface area contributed by atoms with Gasteiger partial charge in [-0.3, -0.25) is 24.6 Å². The van der Waals surface area contributed by atoms with E-state index in [1.165, 1.54) is 41.3 Å². The second-order valence-corrected chi connectivity index (χ2v) is 10.7. The van der Waals surface area contributed by atoms with Gasteiger partial charge >= 0.3 is 0 Å². The number of ether oxygens (including phenoxy) is 2. The van der Waals surface area contributed by atoms with Gasteiger partial charge in [0, 0.05) is 56.4 Å². The smallest absolute Gasteiger partial charge is 0.255 e. The molecule has 1 unspecified atom stereocenters. The Hall–Kier alpha value is -3.30. The van der Waals surface area contributed by atoms with E-state index < -0.39 is 66.5 Å². The number of imide groups is 1. The van der Waals surface area contributed by atoms with Gasteiger partial charge in [-0.25, -0.2) is 4.39 Å². The van der Waals surface area contributed by atoms with Crippen molar-refractivity contribution in [2.24, 2.45) is 0 Å². The first-order valence-corrected chi connectivity index (χ1v) is 12.2. The molecule has 38 heavy (non-hydrogen) atoms. The fourth-order valence-corrected chi connectivity index (χ4v) is 5.15. The molecule has 9 heteroatoms. The third-order valence-corrected chi connectivity index (χ3v) is 6.37. The van der Waals surface area contributed by atoms with Gasteiger partial charge in [0.25, 0.3) is 5.91 Å². The molecule has 1 N–H and O–H groups in total. The average molecular weight is 531 g/mol. The van der Waals surface area contributed by atoms with Crippen molar-refractivity contribution in [3.05, 3.63) is 64.5 Å². The molecule has 0 spiro atoms. The maximum Gasteiger partial charge on any atom is 0.255 e. The standard InChI is InChI=1S/C29H34FN3O5/c1-28(2)16-32(17-29(3,4)38-28)13-18-7-5-8-19(25(18)30)15-37-23-10-6-9-20-21(23)14-33(27(20)36)22-11-12-24(34)31-26(22)35/h5-10,22H,11-17H2,1-4H3,(H,31,34,35)/i11D2,12D2,13D2,22D. The summed E-state index contributed by atoms with van der Waals surface area (Å²) in [5.41, 5.74) is -1.42. The number of halogens is 1. The van der Waals surface area contributed by atoms with Gasteiger partial charge in [0.2, 0.25) is 11.8 Å². The molecule has 1 atom stereocenters. The monoisotopic (exact) mass is 530 g/mol. The van der Waals surface area contributed by atoms with Crippen LogP contribution in [0.2, 0.25) is 0 Å². The Kier molecular flexibility index (Phi) is 4.86. The summed E-state index contributed by atoms with van der Waals surface area (Å²) in [5, 5.41) is 1.67. The third kappa shape index (κ3) is 5.31. The minimum Gasteiger partial charge on any atom is -0.488 e. The number of benzene rings is 2. The lowest BCUT2D eigenvalue weighted by Gasteiger charge is -2.47. The van der Waals surface area contributed by atoms with Crippen molar-refractivity contribution in [1.29, 1.82) is 0 Å². The number of nitrogens with zero attached hydrogens (tertiary/aromatic N) is 2. The summed E-state index contributed by atoms with van der Waals surface area (Å²) < 4.78 is 86.8. The van der Waals surface area contributed by atoms with E-state index in [0.717, 1.165) is 0 Å². The van der Waals surface area contributed by atoms with Crippen molar-refractivity contribution in [3.63, 3.8) is 0 Å². The molecule has 3 amide bonds. The van der Waals surface area contributed by atoms with Gasteiger partial charge in [-0.2, -0.15) is 0 Å². The van der Waals surface area contributed by atoms with Gasteiger partial charge < -0.3 is 14.4 Å². The van der Waals surface area contributed by atoms with Crippen LogP contribution in [-0.4, -0.2) is 57.8 Å². The lowest BCUT2D eigenvalue weighted by molar-refractivity contribution is -0.182. The van der Waals surface area contributed by atoms with E-state index in [2.05, 4.69) is 0 Å². The van der Waals surface area contributed by atoms with Crippen molar-refractivity contribution >= 4 is 17.7 Å². The Morgan fingerprint density at radius 2 is 1.82 bits per heavy atom. The molecule has 3 aliphatic heterocycles. The number of hydrogen-bond donors (Lipinski definition) is 1. The molecule has 0 aromatic heterocycles. The molecule has 3 heterocycles. The van der Waals surface area contributed by atoms with Gasteiger partial charge in [-0.05, 0) is 46.2 Å². The van der Waals surface area contributed by atoms with Crippen molar-refractivity contribution in [2.45, 2.75) is 77.3 Å². The highest BCUT2D eigenvalue weighted by Gasteiger charge is 2.40. The van der Waals surface area contributed by atoms with Crippen LogP contribution in [0.3, 0.4) is 0 Å². The maximum absolute atomic E-state index is 15.9. The summed E-state index contributed by atoms with van der Waals surface area (Å²) >= 11 is 0. The number of carbonyl (C=O) groups excluding carboxylic acids is 3. The largest absolute Gasteiger partial charge is 0.488 e. The molecule has 0 saturated carbocycles. The Morgan fingerprint density at radius 1 is 1.13 bits per heavy atom. The summed E-state index contributed by atoms with van der Waals surface area (Å²) in [6.45, 7) is 4.69. The van der Waals surface area contributed by atoms with Crippen molar-refractivity contribution < 1.29 is 37.8 Å². The Morgan fingerprint density at radius 3 is 2.55 bits per heavy atom. The Balaban J connectivity index is 1.41. The van der Waals surface area contributed by atoms with Crippen LogP contribution in [0.25, 0.3) is 0 Å². The topological polar surface area (TPSA) is 88.2 Å². The van der Waals surface area contributed by atoms with Crippen molar-refractivity contribution in [2.75, 3.05) is 13.1 Å². The predicted molar refractivity (Wildman–Crippen MR) is 138 cm³/mol. The molecule has 0 radical (unpaired) electrons. The highest BCUT2D eigenvalue weighted by Crippen LogP contribution is 2.34. The van der Waals surface area contributed by atoms with Crippen LogP contribution in [0, 0.1) is 5.82 Å². The lowest BCUT2D eigenvalue weighted by Crippen LogP contribution is -2.56. The number of amides is 3. The molecule has 5 rings (SSSR count). The molecule has 0 bridgehead atoms. The van der Waals surface area contributed by atoms with E-state index in [4.69, 9.17) is 19.1 Å². The van der Waals surface area contributed by atoms with Crippen molar-refractivity contribution in [1.82, 2.24) is 15.1 Å². The van der Waals surface area contributed by atoms with Crippen LogP contribution in [0.15, 0.2) is 36.4 Å². The van der Waals surface area contributed by atoms with Crippen LogP contribution < -0.4 is 10.1 Å². The Labute approximate surface area is 231 Å². The first-order chi connectivity index (χ1) is 20.6. The van der Waals surface area contributed by atoms with E-state index >= 15 is 4.39 Å². The Bertz CT molecular complexity index is 1590. The molecule has 2 saturated heterocycles. The van der Waals surface area contributed by atoms with Gasteiger partial charge in [0.1, 0.15) is 24.2 Å². The number of nitrogens with one attached hydrogen (secondary N) is 1. The second kappa shape index (κ2) is 9.78. The average Bonchev–Trinajstić information content (AvgIpc) is 3.26. The quantitative estimate of drug-likeness (QED) is 0.575. The van der Waals surface area contributed by atoms with E-state index in [0.29, 0.717) is 4.90 Å². The maximum atomic E-state index is 15.9. The zero-order valence-electron chi connectivity index (χ0n) is 28.6. The van der Waals surface area contributed by atoms with Crippen LogP contribution in [0.4, 0.5) is 4.39 Å². The summed E-state index contributed by atoms with van der Waals surface area (Å²) in [6, 6.07) is 5.43. The van der Waals surface area contributed by atoms with Crippen LogP contribution in [0.1, 0.15) is 77.1 Å². The molecule has 0 aliphatic carbocycles. The van der Waals surface area contributed by atoms with Gasteiger partial charge in [0.15, 0.2) is 0 Å². The van der Waals surface area contributed by atoms with Gasteiger partial charge in [-0.1, -0.05) is 24.3 Å². The summed E-state index contributed by atoms with van der Waals surface area (Å²) in [4.78, 5) is 40.3. The molecular weight excluding hydrogens is 489 g/mol. The SMILES string of the molecule is [2H]C([2H])(c1cccc(COc2cccc3c2CN(C2([2H])C(=O)NC(=O)C([2H])([2H])C2([2H])[2H])C3=O)c1F)N1CC(C)(C)OC(C)(C)C1. The number of fused-ring (bicyclic) bond motifs is 1. The third-order valence-electron chi connectivity index (χ3n) is 6.37. The number of morpholine rings is 1. The predicted octanol–water partition coefficient (Wildman–Crippen LogP) is 3.56. The first-order valence-electron chi connectivity index (χ1n) is 15.7. The zero-order valence-corrected chi connectivity index (χ0v) is 21.6. The summed E-state index contributed by atoms with van der Waals surface area (Å²) in [5.74, 6) is -4.75. The number of piperidine rings is 1. The fraction of sp³-hybridized carbons (Fsp3) is 0.483. The normalized spacial score (nSPS) is 30.5. The van der Waals surface area contributed by atoms with E-state index in [-0.39, 0.29) is 47.7 Å². The minimum absolute atomic E-state index is 0.0219. The van der Waals surface area contributed by atoms with Crippen LogP contribution >= 0.6 is 0 Å². The van der Waals surface area contributed by atoms with Crippen LogP contribution in [0.5, 0.6) is 5.75 Å². The molecule has 202 valence electrons. The van der Waals surface area contributed by atoms with Gasteiger partial charge in [0.05, 0.1) is 19.1 Å². The summed E-state index contributed by atoms with van der Waals surface area (Å²) in [7, 11) is 0. The zero-order chi connectivity index (χ0) is 33.5. The summed E-state index contributed by atoms with van der Waals surface area (Å²) in [6.07, 6.45) is -6.73. The van der Waals surface area contributed by atoms with E-state index in [9.17, 15) is 14.4 Å². The molecule has 8 nitrogen and oxygen atoms in total. The fourth-order valence-electron chi connectivity index (χ4n) is 5.15. The molecule has 2 aromatic carbocycles. The highest BCUT2D eigenvalue weighted by molar-refractivity contribution is 6.05. The number of rotatable bonds is 6. The van der Waals surface area contributed by atoms with Crippen molar-refractivity contribution in [3.8, 4) is 5.75 Å².